The third kappa shape index (κ3) is 1.87. The van der Waals surface area contributed by atoms with Gasteiger partial charge in [-0.3, -0.25) is 9.59 Å². The van der Waals surface area contributed by atoms with E-state index in [2.05, 4.69) is 24.1 Å². The van der Waals surface area contributed by atoms with E-state index in [1.165, 1.54) is 5.57 Å². The zero-order valence-electron chi connectivity index (χ0n) is 15.6. The largest absolute Gasteiger partial charge is 0.373 e. The summed E-state index contributed by atoms with van der Waals surface area (Å²) >= 11 is 0. The van der Waals surface area contributed by atoms with Gasteiger partial charge in [0, 0.05) is 24.6 Å². The molecule has 1 aliphatic carbocycles. The number of carbonyl (C=O) groups is 2. The first-order chi connectivity index (χ1) is 13.1. The summed E-state index contributed by atoms with van der Waals surface area (Å²) in [6.07, 6.45) is 3.88. The summed E-state index contributed by atoms with van der Waals surface area (Å²) < 4.78 is 6.20. The lowest BCUT2D eigenvalue weighted by molar-refractivity contribution is -0.140. The molecule has 0 unspecified atom stereocenters. The number of benzene rings is 1. The first-order valence-corrected chi connectivity index (χ1v) is 10.1. The van der Waals surface area contributed by atoms with Crippen LogP contribution in [0.2, 0.25) is 0 Å². The number of rotatable bonds is 0. The van der Waals surface area contributed by atoms with Gasteiger partial charge < -0.3 is 14.5 Å². The number of piperidine rings is 1. The molecule has 1 aromatic rings. The number of amides is 1. The number of hydrogen-bond donors (Lipinski definition) is 0. The van der Waals surface area contributed by atoms with Gasteiger partial charge in [0.2, 0.25) is 5.91 Å². The van der Waals surface area contributed by atoms with Gasteiger partial charge in [0.25, 0.3) is 0 Å². The van der Waals surface area contributed by atoms with Crippen LogP contribution in [0, 0.1) is 11.8 Å². The number of likely N-dealkylation sites (N-methyl/N-ethyl adjacent to an activating group) is 1. The minimum Gasteiger partial charge on any atom is -0.373 e. The van der Waals surface area contributed by atoms with Crippen molar-refractivity contribution in [2.24, 2.45) is 11.8 Å². The quantitative estimate of drug-likeness (QED) is 0.660. The van der Waals surface area contributed by atoms with E-state index in [0.717, 1.165) is 30.8 Å². The Kier molecular flexibility index (Phi) is 3.14. The molecular weight excluding hydrogens is 340 g/mol. The zero-order chi connectivity index (χ0) is 18.3. The van der Waals surface area contributed by atoms with E-state index in [-0.39, 0.29) is 29.9 Å². The topological polar surface area (TPSA) is 49.9 Å². The Morgan fingerprint density at radius 2 is 2.04 bits per heavy atom. The van der Waals surface area contributed by atoms with Crippen LogP contribution in [0.3, 0.4) is 0 Å². The normalized spacial score (nSPS) is 40.0. The Morgan fingerprint density at radius 3 is 2.93 bits per heavy atom. The average molecular weight is 364 g/mol. The van der Waals surface area contributed by atoms with Crippen LogP contribution in [0.5, 0.6) is 0 Å². The maximum absolute atomic E-state index is 13.8. The highest BCUT2D eigenvalue weighted by molar-refractivity contribution is 6.06. The Bertz CT molecular complexity index is 893. The molecule has 5 aliphatic heterocycles. The van der Waals surface area contributed by atoms with E-state index in [0.29, 0.717) is 25.2 Å². The lowest BCUT2D eigenvalue weighted by Crippen LogP contribution is -2.66. The predicted octanol–water partition coefficient (Wildman–Crippen LogP) is 1.91. The molecule has 0 radical (unpaired) electrons. The van der Waals surface area contributed by atoms with Gasteiger partial charge in [-0.15, -0.1) is 0 Å². The summed E-state index contributed by atoms with van der Waals surface area (Å²) in [5.74, 6) is 0.821. The number of carbonyl (C=O) groups excluding carboxylic acids is 2. The fourth-order valence-electron chi connectivity index (χ4n) is 6.64. The van der Waals surface area contributed by atoms with Gasteiger partial charge >= 0.3 is 0 Å². The first-order valence-electron chi connectivity index (χ1n) is 10.1. The Balaban J connectivity index is 1.66. The van der Waals surface area contributed by atoms with Crippen molar-refractivity contribution in [2.45, 2.75) is 36.8 Å². The molecule has 1 aromatic carbocycles. The van der Waals surface area contributed by atoms with Crippen LogP contribution in [0.4, 0.5) is 5.69 Å². The molecule has 7 rings (SSSR count). The molecule has 3 saturated heterocycles. The van der Waals surface area contributed by atoms with E-state index in [1.807, 2.05) is 23.1 Å². The Hall–Kier alpha value is -1.98. The smallest absolute Gasteiger partial charge is 0.229 e. The molecule has 5 nitrogen and oxygen atoms in total. The second-order valence-corrected chi connectivity index (χ2v) is 8.85. The maximum atomic E-state index is 13.8. The molecule has 0 aromatic heterocycles. The average Bonchev–Trinajstić information content (AvgIpc) is 2.90. The summed E-state index contributed by atoms with van der Waals surface area (Å²) in [6, 6.07) is 8.01. The number of ether oxygens (including phenoxy) is 1. The second kappa shape index (κ2) is 5.30. The summed E-state index contributed by atoms with van der Waals surface area (Å²) in [7, 11) is 2.14. The van der Waals surface area contributed by atoms with Crippen LogP contribution in [-0.2, 0) is 19.7 Å². The zero-order valence-corrected chi connectivity index (χ0v) is 15.6. The minimum atomic E-state index is -0.580. The van der Waals surface area contributed by atoms with Crippen molar-refractivity contribution in [2.75, 3.05) is 31.6 Å². The van der Waals surface area contributed by atoms with Gasteiger partial charge in [-0.05, 0) is 37.6 Å². The molecule has 1 spiro atoms. The van der Waals surface area contributed by atoms with Gasteiger partial charge in [0.15, 0.2) is 0 Å². The number of nitrogens with zero attached hydrogens (tertiary/aromatic N) is 2. The minimum absolute atomic E-state index is 0.0808. The van der Waals surface area contributed by atoms with Gasteiger partial charge in [0.1, 0.15) is 5.78 Å². The van der Waals surface area contributed by atoms with Crippen molar-refractivity contribution in [3.8, 4) is 0 Å². The maximum Gasteiger partial charge on any atom is 0.229 e. The number of fused-ring (bicyclic) bond motifs is 6. The number of ketones is 1. The number of para-hydroxylation sites is 1. The summed E-state index contributed by atoms with van der Waals surface area (Å²) in [6.45, 7) is 2.30. The molecule has 1 amide bonds. The van der Waals surface area contributed by atoms with Crippen molar-refractivity contribution in [3.63, 3.8) is 0 Å². The van der Waals surface area contributed by atoms with Gasteiger partial charge in [0.05, 0.1) is 30.6 Å². The molecular formula is C22H24N2O3. The molecule has 5 heterocycles. The Labute approximate surface area is 159 Å². The summed E-state index contributed by atoms with van der Waals surface area (Å²) in [4.78, 5) is 31.3. The third-order valence-electron chi connectivity index (χ3n) is 7.71. The predicted molar refractivity (Wildman–Crippen MR) is 101 cm³/mol. The van der Waals surface area contributed by atoms with E-state index >= 15 is 0 Å². The number of hydrogen-bond acceptors (Lipinski definition) is 4. The van der Waals surface area contributed by atoms with Crippen LogP contribution in [0.15, 0.2) is 35.9 Å². The van der Waals surface area contributed by atoms with E-state index in [4.69, 9.17) is 4.74 Å². The highest BCUT2D eigenvalue weighted by Crippen LogP contribution is 2.60. The molecule has 0 N–H and O–H groups in total. The van der Waals surface area contributed by atoms with Crippen molar-refractivity contribution in [3.05, 3.63) is 41.5 Å². The van der Waals surface area contributed by atoms with Crippen LogP contribution in [0.1, 0.15) is 24.8 Å². The molecule has 1 saturated carbocycles. The molecule has 5 heteroatoms. The second-order valence-electron chi connectivity index (χ2n) is 8.85. The fraction of sp³-hybridized carbons (Fsp3) is 0.545. The molecule has 27 heavy (non-hydrogen) atoms. The lowest BCUT2D eigenvalue weighted by Gasteiger charge is -2.53. The van der Waals surface area contributed by atoms with Gasteiger partial charge in [-0.2, -0.15) is 0 Å². The summed E-state index contributed by atoms with van der Waals surface area (Å²) in [5.41, 5.74) is 2.78. The number of anilines is 1. The third-order valence-corrected chi connectivity index (χ3v) is 7.71. The number of Topliss-reactive ketones (excluding diaryl/α,β-unsaturated/α-hetero) is 1. The standard InChI is InChI=1S/C22H24N2O3/c1-23-8-7-22-15-4-2-3-5-16(15)24-19(26)11-17-20(21(22)24)14(10-18(22)25)13(12-23)6-9-27-17/h2-6,14,17,20-21H,7-12H2,1H3/t14-,17+,20+,21+,22-/m0/s1. The molecule has 4 bridgehead atoms. The van der Waals surface area contributed by atoms with Gasteiger partial charge in [-0.25, -0.2) is 0 Å². The molecule has 5 atom stereocenters. The van der Waals surface area contributed by atoms with Crippen molar-refractivity contribution in [1.82, 2.24) is 4.90 Å². The van der Waals surface area contributed by atoms with Crippen LogP contribution < -0.4 is 4.90 Å². The fourth-order valence-corrected chi connectivity index (χ4v) is 6.64. The van der Waals surface area contributed by atoms with Crippen molar-refractivity contribution in [1.29, 1.82) is 0 Å². The molecule has 6 aliphatic rings. The van der Waals surface area contributed by atoms with Gasteiger partial charge in [-0.1, -0.05) is 29.8 Å². The van der Waals surface area contributed by atoms with E-state index in [9.17, 15) is 9.59 Å². The van der Waals surface area contributed by atoms with Crippen LogP contribution in [0.25, 0.3) is 0 Å². The molecule has 140 valence electrons. The van der Waals surface area contributed by atoms with E-state index < -0.39 is 5.41 Å². The van der Waals surface area contributed by atoms with Crippen molar-refractivity contribution < 1.29 is 14.3 Å². The lowest BCUT2D eigenvalue weighted by atomic mass is 9.55. The first kappa shape index (κ1) is 16.0. The highest BCUT2D eigenvalue weighted by Gasteiger charge is 2.67. The SMILES string of the molecule is CN1CC[C@@]23C(=O)C[C@H]4C(=CCO[C@@H]5CC(=O)N(c6ccccc62)[C@@H]3[C@@H]54)C1. The summed E-state index contributed by atoms with van der Waals surface area (Å²) in [5, 5.41) is 0. The van der Waals surface area contributed by atoms with Crippen molar-refractivity contribution >= 4 is 17.4 Å². The van der Waals surface area contributed by atoms with Crippen LogP contribution >= 0.6 is 0 Å². The Morgan fingerprint density at radius 1 is 1.19 bits per heavy atom. The highest BCUT2D eigenvalue weighted by atomic mass is 16.5. The van der Waals surface area contributed by atoms with E-state index in [1.54, 1.807) is 0 Å². The monoisotopic (exact) mass is 364 g/mol. The molecule has 4 fully saturated rings. The van der Waals surface area contributed by atoms with Crippen LogP contribution in [-0.4, -0.2) is 55.5 Å².